The minimum Gasteiger partial charge on any atom is -0.354 e. The van der Waals surface area contributed by atoms with E-state index < -0.39 is 0 Å². The summed E-state index contributed by atoms with van der Waals surface area (Å²) < 4.78 is 0. The predicted molar refractivity (Wildman–Crippen MR) is 128 cm³/mol. The van der Waals surface area contributed by atoms with E-state index in [-0.39, 0.29) is 11.3 Å². The third-order valence-corrected chi connectivity index (χ3v) is 7.19. The number of nitrogens with one attached hydrogen (secondary N) is 2. The fraction of sp³-hybridized carbons (Fsp3) is 0.667. The van der Waals surface area contributed by atoms with Crippen LogP contribution in [0.15, 0.2) is 29.3 Å². The summed E-state index contributed by atoms with van der Waals surface area (Å²) in [6.07, 6.45) is 4.01. The van der Waals surface area contributed by atoms with Crippen molar-refractivity contribution in [1.82, 2.24) is 15.5 Å². The van der Waals surface area contributed by atoms with Crippen LogP contribution in [0.4, 0.5) is 0 Å². The van der Waals surface area contributed by atoms with Crippen molar-refractivity contribution < 1.29 is 4.79 Å². The van der Waals surface area contributed by atoms with Gasteiger partial charge in [-0.25, -0.2) is 0 Å². The molecule has 2 fully saturated rings. The summed E-state index contributed by atoms with van der Waals surface area (Å²) in [5.74, 6) is 3.61. The molecule has 0 atom stereocenters. The van der Waals surface area contributed by atoms with E-state index in [0.717, 1.165) is 62.8 Å². The summed E-state index contributed by atoms with van der Waals surface area (Å²) in [6.45, 7) is 9.31. The molecule has 3 rings (SSSR count). The fourth-order valence-corrected chi connectivity index (χ4v) is 5.13. The van der Waals surface area contributed by atoms with Gasteiger partial charge in [0.1, 0.15) is 0 Å². The van der Waals surface area contributed by atoms with Crippen LogP contribution < -0.4 is 10.6 Å². The molecule has 30 heavy (non-hydrogen) atoms. The summed E-state index contributed by atoms with van der Waals surface area (Å²) in [4.78, 5) is 19.2. The van der Waals surface area contributed by atoms with Gasteiger partial charge >= 0.3 is 0 Å². The highest BCUT2D eigenvalue weighted by Gasteiger charge is 2.30. The molecule has 1 aromatic rings. The molecule has 2 aliphatic rings. The largest absolute Gasteiger partial charge is 0.354 e. The fourth-order valence-electron chi connectivity index (χ4n) is 4.22. The Morgan fingerprint density at radius 3 is 2.30 bits per heavy atom. The second-order valence-corrected chi connectivity index (χ2v) is 10.7. The predicted octanol–water partition coefficient (Wildman–Crippen LogP) is 3.78. The summed E-state index contributed by atoms with van der Waals surface area (Å²) >= 11 is 1.95. The third kappa shape index (κ3) is 6.40. The lowest BCUT2D eigenvalue weighted by molar-refractivity contribution is -0.136. The molecule has 0 spiro atoms. The molecule has 2 N–H and O–H groups in total. The molecule has 0 aromatic heterocycles. The summed E-state index contributed by atoms with van der Waals surface area (Å²) in [7, 11) is 1.82. The van der Waals surface area contributed by atoms with E-state index in [1.807, 2.05) is 18.8 Å². The first-order valence-corrected chi connectivity index (χ1v) is 12.5. The van der Waals surface area contributed by atoms with Crippen molar-refractivity contribution in [2.24, 2.45) is 10.9 Å². The van der Waals surface area contributed by atoms with E-state index in [1.54, 1.807) is 0 Å². The molecule has 0 radical (unpaired) electrons. The van der Waals surface area contributed by atoms with Crippen molar-refractivity contribution in [1.29, 1.82) is 0 Å². The van der Waals surface area contributed by atoms with Gasteiger partial charge in [0.05, 0.1) is 0 Å². The van der Waals surface area contributed by atoms with Crippen molar-refractivity contribution in [3.8, 4) is 0 Å². The van der Waals surface area contributed by atoms with Crippen molar-refractivity contribution in [2.45, 2.75) is 64.5 Å². The van der Waals surface area contributed by atoms with E-state index in [2.05, 4.69) is 65.6 Å². The molecule has 1 aromatic carbocycles. The highest BCUT2D eigenvalue weighted by Crippen LogP contribution is 2.27. The maximum absolute atomic E-state index is 12.7. The molecule has 0 unspecified atom stereocenters. The summed E-state index contributed by atoms with van der Waals surface area (Å²) in [5.41, 5.74) is 2.78. The van der Waals surface area contributed by atoms with Crippen LogP contribution in [0.25, 0.3) is 0 Å². The SMILES string of the molecule is CN=C(NCc1ccc(C(C)(C)C)cc1)NC1CCC(C(=O)N2CCSCC2)CC1. The number of amides is 1. The zero-order chi connectivity index (χ0) is 21.6. The first-order chi connectivity index (χ1) is 14.4. The Bertz CT molecular complexity index is 712. The van der Waals surface area contributed by atoms with Gasteiger partial charge in [-0.15, -0.1) is 0 Å². The highest BCUT2D eigenvalue weighted by atomic mass is 32.2. The van der Waals surface area contributed by atoms with E-state index in [1.165, 1.54) is 11.1 Å². The minimum atomic E-state index is 0.177. The van der Waals surface area contributed by atoms with Gasteiger partial charge in [0.25, 0.3) is 0 Å². The highest BCUT2D eigenvalue weighted by molar-refractivity contribution is 7.99. The monoisotopic (exact) mass is 430 g/mol. The average molecular weight is 431 g/mol. The average Bonchev–Trinajstić information content (AvgIpc) is 2.77. The van der Waals surface area contributed by atoms with Crippen LogP contribution in [0.1, 0.15) is 57.6 Å². The molecule has 1 saturated heterocycles. The van der Waals surface area contributed by atoms with Gasteiger partial charge in [0, 0.05) is 50.1 Å². The molecule has 1 heterocycles. The first-order valence-electron chi connectivity index (χ1n) is 11.3. The molecule has 1 saturated carbocycles. The number of nitrogens with zero attached hydrogens (tertiary/aromatic N) is 2. The van der Waals surface area contributed by atoms with Crippen molar-refractivity contribution in [2.75, 3.05) is 31.6 Å². The van der Waals surface area contributed by atoms with Gasteiger partial charge in [-0.05, 0) is 42.2 Å². The van der Waals surface area contributed by atoms with Gasteiger partial charge in [0.2, 0.25) is 5.91 Å². The van der Waals surface area contributed by atoms with Crippen LogP contribution in [0, 0.1) is 5.92 Å². The lowest BCUT2D eigenvalue weighted by Crippen LogP contribution is -2.47. The minimum absolute atomic E-state index is 0.177. The number of carbonyl (C=O) groups excluding carboxylic acids is 1. The second-order valence-electron chi connectivity index (χ2n) is 9.50. The molecule has 166 valence electrons. The van der Waals surface area contributed by atoms with Crippen LogP contribution in [0.2, 0.25) is 0 Å². The molecule has 5 nitrogen and oxygen atoms in total. The van der Waals surface area contributed by atoms with Gasteiger partial charge in [0.15, 0.2) is 5.96 Å². The topological polar surface area (TPSA) is 56.7 Å². The number of hydrogen-bond donors (Lipinski definition) is 2. The third-order valence-electron chi connectivity index (χ3n) is 6.24. The van der Waals surface area contributed by atoms with Crippen LogP contribution in [0.3, 0.4) is 0 Å². The number of carbonyl (C=O) groups is 1. The Balaban J connectivity index is 1.42. The van der Waals surface area contributed by atoms with Crippen LogP contribution in [-0.4, -0.2) is 54.5 Å². The Kier molecular flexibility index (Phi) is 8.09. The van der Waals surface area contributed by atoms with E-state index in [4.69, 9.17) is 0 Å². The molecule has 1 amide bonds. The van der Waals surface area contributed by atoms with Crippen LogP contribution in [-0.2, 0) is 16.8 Å². The van der Waals surface area contributed by atoms with Gasteiger partial charge in [-0.1, -0.05) is 45.0 Å². The Labute approximate surface area is 186 Å². The van der Waals surface area contributed by atoms with Crippen molar-refractivity contribution in [3.05, 3.63) is 35.4 Å². The zero-order valence-electron chi connectivity index (χ0n) is 19.0. The molecular weight excluding hydrogens is 392 g/mol. The lowest BCUT2D eigenvalue weighted by atomic mass is 9.85. The molecular formula is C24H38N4OS. The van der Waals surface area contributed by atoms with Crippen molar-refractivity contribution >= 4 is 23.6 Å². The molecule has 1 aliphatic carbocycles. The number of guanidine groups is 1. The number of thioether (sulfide) groups is 1. The van der Waals surface area contributed by atoms with Gasteiger partial charge < -0.3 is 15.5 Å². The van der Waals surface area contributed by atoms with Crippen LogP contribution in [0.5, 0.6) is 0 Å². The Morgan fingerprint density at radius 2 is 1.73 bits per heavy atom. The number of rotatable bonds is 4. The second kappa shape index (κ2) is 10.6. The Hall–Kier alpha value is -1.69. The Morgan fingerprint density at radius 1 is 1.10 bits per heavy atom. The smallest absolute Gasteiger partial charge is 0.225 e. The molecule has 0 bridgehead atoms. The maximum atomic E-state index is 12.7. The lowest BCUT2D eigenvalue weighted by Gasteiger charge is -2.34. The van der Waals surface area contributed by atoms with Crippen LogP contribution >= 0.6 is 11.8 Å². The molecule has 1 aliphatic heterocycles. The van der Waals surface area contributed by atoms with Gasteiger partial charge in [-0.3, -0.25) is 9.79 Å². The number of hydrogen-bond acceptors (Lipinski definition) is 3. The maximum Gasteiger partial charge on any atom is 0.225 e. The quantitative estimate of drug-likeness (QED) is 0.564. The standard InChI is InChI=1S/C24H38N4OS/c1-24(2,3)20-9-5-18(6-10-20)17-26-23(25-4)27-21-11-7-19(8-12-21)22(29)28-13-15-30-16-14-28/h5-6,9-10,19,21H,7-8,11-17H2,1-4H3,(H2,25,26,27). The zero-order valence-corrected chi connectivity index (χ0v) is 19.9. The van der Waals surface area contributed by atoms with Crippen molar-refractivity contribution in [3.63, 3.8) is 0 Å². The first kappa shape index (κ1) is 23.0. The van der Waals surface area contributed by atoms with E-state index in [9.17, 15) is 4.79 Å². The van der Waals surface area contributed by atoms with E-state index in [0.29, 0.717) is 11.9 Å². The van der Waals surface area contributed by atoms with Gasteiger partial charge in [-0.2, -0.15) is 11.8 Å². The number of benzene rings is 1. The summed E-state index contributed by atoms with van der Waals surface area (Å²) in [6, 6.07) is 9.20. The summed E-state index contributed by atoms with van der Waals surface area (Å²) in [5, 5.41) is 7.00. The molecule has 6 heteroatoms. The number of aliphatic imine (C=N–C) groups is 1. The van der Waals surface area contributed by atoms with E-state index >= 15 is 0 Å². The normalized spacial score (nSPS) is 23.2.